The van der Waals surface area contributed by atoms with Gasteiger partial charge in [0.05, 0.1) is 0 Å². The van der Waals surface area contributed by atoms with Crippen molar-refractivity contribution in [3.63, 3.8) is 0 Å². The fourth-order valence-corrected chi connectivity index (χ4v) is 3.45. The van der Waals surface area contributed by atoms with Crippen molar-refractivity contribution in [1.82, 2.24) is 15.1 Å². The molecule has 1 aromatic carbocycles. The van der Waals surface area contributed by atoms with Gasteiger partial charge in [-0.2, -0.15) is 0 Å². The van der Waals surface area contributed by atoms with E-state index >= 15 is 0 Å². The summed E-state index contributed by atoms with van der Waals surface area (Å²) >= 11 is 0. The number of nitrogens with two attached hydrogens (primary N) is 1. The fourth-order valence-electron chi connectivity index (χ4n) is 3.45. The molecule has 1 atom stereocenters. The molecule has 3 N–H and O–H groups in total. The predicted octanol–water partition coefficient (Wildman–Crippen LogP) is 1.52. The van der Waals surface area contributed by atoms with Gasteiger partial charge in [-0.3, -0.25) is 4.79 Å². The smallest absolute Gasteiger partial charge is 0.317 e. The molecule has 0 radical (unpaired) electrons. The summed E-state index contributed by atoms with van der Waals surface area (Å²) in [7, 11) is 0. The van der Waals surface area contributed by atoms with Crippen LogP contribution in [0.2, 0.25) is 0 Å². The molecule has 2 heterocycles. The molecule has 0 saturated carbocycles. The van der Waals surface area contributed by atoms with E-state index in [1.807, 2.05) is 21.9 Å². The lowest BCUT2D eigenvalue weighted by molar-refractivity contribution is -0.132. The number of rotatable bonds is 3. The van der Waals surface area contributed by atoms with E-state index in [1.165, 1.54) is 11.1 Å². The van der Waals surface area contributed by atoms with Gasteiger partial charge in [-0.15, -0.1) is 12.4 Å². The lowest BCUT2D eigenvalue weighted by Gasteiger charge is -2.31. The Morgan fingerprint density at radius 3 is 2.68 bits per heavy atom. The minimum absolute atomic E-state index is 0. The van der Waals surface area contributed by atoms with Crippen molar-refractivity contribution < 1.29 is 9.59 Å². The number of piperidine rings is 1. The summed E-state index contributed by atoms with van der Waals surface area (Å²) in [5.74, 6) is 0.0782. The average molecular weight is 367 g/mol. The zero-order valence-corrected chi connectivity index (χ0v) is 15.3. The summed E-state index contributed by atoms with van der Waals surface area (Å²) in [5, 5.41) is 2.87. The lowest BCUT2D eigenvalue weighted by Crippen LogP contribution is -2.47. The summed E-state index contributed by atoms with van der Waals surface area (Å²) in [6.07, 6.45) is 3.17. The number of hydrogen-bond acceptors (Lipinski definition) is 3. The van der Waals surface area contributed by atoms with E-state index in [9.17, 15) is 9.59 Å². The van der Waals surface area contributed by atoms with Crippen LogP contribution in [-0.2, 0) is 17.8 Å². The Hall–Kier alpha value is -1.79. The summed E-state index contributed by atoms with van der Waals surface area (Å²) in [5.41, 5.74) is 8.43. The third-order valence-corrected chi connectivity index (χ3v) is 4.84. The minimum atomic E-state index is -0.0901. The number of halogens is 1. The van der Waals surface area contributed by atoms with Gasteiger partial charge in [0, 0.05) is 45.2 Å². The molecule has 0 aliphatic carbocycles. The lowest BCUT2D eigenvalue weighted by atomic mass is 10.0. The number of nitrogens with one attached hydrogen (secondary N) is 1. The van der Waals surface area contributed by atoms with Crippen molar-refractivity contribution in [2.75, 3.05) is 26.2 Å². The number of nitrogens with zero attached hydrogens (tertiary/aromatic N) is 2. The van der Waals surface area contributed by atoms with E-state index in [4.69, 9.17) is 5.73 Å². The first-order valence-corrected chi connectivity index (χ1v) is 8.76. The molecule has 6 nitrogen and oxygen atoms in total. The predicted molar refractivity (Wildman–Crippen MR) is 99.6 cm³/mol. The largest absolute Gasteiger partial charge is 0.341 e. The number of carbonyl (C=O) groups excluding carboxylic acids is 2. The van der Waals surface area contributed by atoms with Crippen LogP contribution in [0.25, 0.3) is 0 Å². The quantitative estimate of drug-likeness (QED) is 0.851. The molecule has 1 aromatic rings. The average Bonchev–Trinajstić information content (AvgIpc) is 2.61. The topological polar surface area (TPSA) is 78.7 Å². The molecule has 0 spiro atoms. The van der Waals surface area contributed by atoms with Crippen molar-refractivity contribution in [2.45, 2.75) is 38.3 Å². The SMILES string of the molecule is Cl.NC1CCCN(C(=O)CCNC(=O)N2CCc3ccccc3C2)C1. The minimum Gasteiger partial charge on any atom is -0.341 e. The van der Waals surface area contributed by atoms with Gasteiger partial charge in [0.2, 0.25) is 5.91 Å². The Labute approximate surface area is 155 Å². The number of fused-ring (bicyclic) bond motifs is 1. The highest BCUT2D eigenvalue weighted by Crippen LogP contribution is 2.18. The highest BCUT2D eigenvalue weighted by molar-refractivity contribution is 5.85. The van der Waals surface area contributed by atoms with Gasteiger partial charge >= 0.3 is 6.03 Å². The Kier molecular flexibility index (Phi) is 7.08. The molecule has 3 amide bonds. The maximum atomic E-state index is 12.3. The van der Waals surface area contributed by atoms with E-state index in [0.29, 0.717) is 26.1 Å². The molecule has 3 rings (SSSR count). The van der Waals surface area contributed by atoms with Gasteiger partial charge in [-0.25, -0.2) is 4.79 Å². The van der Waals surface area contributed by atoms with Gasteiger partial charge in [0.1, 0.15) is 0 Å². The molecule has 25 heavy (non-hydrogen) atoms. The van der Waals surface area contributed by atoms with E-state index < -0.39 is 0 Å². The normalized spacial score (nSPS) is 19.6. The summed E-state index contributed by atoms with van der Waals surface area (Å²) in [6, 6.07) is 8.22. The van der Waals surface area contributed by atoms with Crippen LogP contribution in [0.3, 0.4) is 0 Å². The molecular formula is C18H27ClN4O2. The number of likely N-dealkylation sites (tertiary alicyclic amines) is 1. The Balaban J connectivity index is 0.00000225. The number of benzene rings is 1. The molecular weight excluding hydrogens is 340 g/mol. The van der Waals surface area contributed by atoms with Crippen LogP contribution in [0.15, 0.2) is 24.3 Å². The fraction of sp³-hybridized carbons (Fsp3) is 0.556. The third-order valence-electron chi connectivity index (χ3n) is 4.84. The first kappa shape index (κ1) is 19.5. The van der Waals surface area contributed by atoms with Gasteiger partial charge in [0.15, 0.2) is 0 Å². The van der Waals surface area contributed by atoms with Crippen LogP contribution in [-0.4, -0.2) is 54.0 Å². The molecule has 1 unspecified atom stereocenters. The van der Waals surface area contributed by atoms with Gasteiger partial charge < -0.3 is 20.9 Å². The van der Waals surface area contributed by atoms with E-state index in [0.717, 1.165) is 32.4 Å². The van der Waals surface area contributed by atoms with Crippen molar-refractivity contribution in [3.05, 3.63) is 35.4 Å². The first-order chi connectivity index (χ1) is 11.6. The summed E-state index contributed by atoms with van der Waals surface area (Å²) in [4.78, 5) is 28.1. The van der Waals surface area contributed by atoms with Crippen molar-refractivity contribution in [2.24, 2.45) is 5.73 Å². The first-order valence-electron chi connectivity index (χ1n) is 8.76. The number of hydrogen-bond donors (Lipinski definition) is 2. The van der Waals surface area contributed by atoms with Gasteiger partial charge in [-0.05, 0) is 30.4 Å². The van der Waals surface area contributed by atoms with Crippen molar-refractivity contribution in [1.29, 1.82) is 0 Å². The highest BCUT2D eigenvalue weighted by atomic mass is 35.5. The highest BCUT2D eigenvalue weighted by Gasteiger charge is 2.22. The number of carbonyl (C=O) groups is 2. The van der Waals surface area contributed by atoms with Crippen LogP contribution in [0.5, 0.6) is 0 Å². The molecule has 138 valence electrons. The van der Waals surface area contributed by atoms with E-state index in [2.05, 4.69) is 17.4 Å². The molecule has 7 heteroatoms. The van der Waals surface area contributed by atoms with Crippen LogP contribution in [0, 0.1) is 0 Å². The van der Waals surface area contributed by atoms with E-state index in [-0.39, 0.29) is 30.4 Å². The zero-order chi connectivity index (χ0) is 16.9. The maximum Gasteiger partial charge on any atom is 0.317 e. The standard InChI is InChI=1S/C18H26N4O2.ClH/c19-16-6-3-10-21(13-16)17(23)7-9-20-18(24)22-11-8-14-4-1-2-5-15(14)12-22;/h1-2,4-5,16H,3,6-13,19H2,(H,20,24);1H. The van der Waals surface area contributed by atoms with E-state index in [1.54, 1.807) is 0 Å². The number of urea groups is 1. The Morgan fingerprint density at radius 2 is 1.92 bits per heavy atom. The summed E-state index contributed by atoms with van der Waals surface area (Å²) in [6.45, 7) is 3.15. The molecule has 2 aliphatic rings. The number of amides is 3. The van der Waals surface area contributed by atoms with Gasteiger partial charge in [0.25, 0.3) is 0 Å². The van der Waals surface area contributed by atoms with Crippen molar-refractivity contribution >= 4 is 24.3 Å². The summed E-state index contributed by atoms with van der Waals surface area (Å²) < 4.78 is 0. The molecule has 0 bridgehead atoms. The van der Waals surface area contributed by atoms with Crippen LogP contribution >= 0.6 is 12.4 Å². The van der Waals surface area contributed by atoms with Crippen LogP contribution in [0.4, 0.5) is 4.79 Å². The third kappa shape index (κ3) is 5.09. The Morgan fingerprint density at radius 1 is 1.16 bits per heavy atom. The molecule has 0 aromatic heterocycles. The monoisotopic (exact) mass is 366 g/mol. The molecule has 2 aliphatic heterocycles. The second-order valence-electron chi connectivity index (χ2n) is 6.66. The van der Waals surface area contributed by atoms with Crippen LogP contribution < -0.4 is 11.1 Å². The van der Waals surface area contributed by atoms with Crippen molar-refractivity contribution in [3.8, 4) is 0 Å². The second-order valence-corrected chi connectivity index (χ2v) is 6.66. The maximum absolute atomic E-state index is 12.3. The molecule has 1 saturated heterocycles. The Bertz CT molecular complexity index is 610. The van der Waals surface area contributed by atoms with Crippen LogP contribution in [0.1, 0.15) is 30.4 Å². The second kappa shape index (κ2) is 9.06. The zero-order valence-electron chi connectivity index (χ0n) is 14.4. The molecule has 1 fully saturated rings. The van der Waals surface area contributed by atoms with Gasteiger partial charge in [-0.1, -0.05) is 24.3 Å².